The number of aliphatic hydroxyl groups is 2. The van der Waals surface area contributed by atoms with Crippen LogP contribution in [0.5, 0.6) is 0 Å². The van der Waals surface area contributed by atoms with E-state index in [0.29, 0.717) is 12.0 Å². The van der Waals surface area contributed by atoms with Crippen molar-refractivity contribution in [2.24, 2.45) is 33.6 Å². The maximum atomic E-state index is 10.2. The van der Waals surface area contributed by atoms with Crippen LogP contribution in [-0.4, -0.2) is 41.5 Å². The van der Waals surface area contributed by atoms with E-state index in [9.17, 15) is 10.2 Å². The Morgan fingerprint density at radius 3 is 2.75 bits per heavy atom. The molecule has 0 spiro atoms. The Bertz CT molecular complexity index is 740. The summed E-state index contributed by atoms with van der Waals surface area (Å²) in [6.07, 6.45) is 13.8. The van der Waals surface area contributed by atoms with E-state index in [-0.39, 0.29) is 24.2 Å². The number of aliphatic imine (C=N–C) groups is 1. The van der Waals surface area contributed by atoms with Crippen molar-refractivity contribution in [3.05, 3.63) is 23.3 Å². The normalized spacial score (nSPS) is 49.0. The molecular formula is C24H35NO3. The molecule has 0 aromatic rings. The molecule has 0 unspecified atom stereocenters. The van der Waals surface area contributed by atoms with Crippen LogP contribution < -0.4 is 0 Å². The largest absolute Gasteiger partial charge is 0.476 e. The van der Waals surface area contributed by atoms with Gasteiger partial charge in [0, 0.05) is 0 Å². The average Bonchev–Trinajstić information content (AvgIpc) is 3.27. The predicted octanol–water partition coefficient (Wildman–Crippen LogP) is 4.03. The van der Waals surface area contributed by atoms with Crippen molar-refractivity contribution in [2.45, 2.75) is 77.4 Å². The van der Waals surface area contributed by atoms with Crippen molar-refractivity contribution in [3.63, 3.8) is 0 Å². The molecule has 0 bridgehead atoms. The van der Waals surface area contributed by atoms with Gasteiger partial charge in [-0.1, -0.05) is 31.1 Å². The fraction of sp³-hybridized carbons (Fsp3) is 0.792. The van der Waals surface area contributed by atoms with Crippen LogP contribution in [0.25, 0.3) is 0 Å². The molecule has 4 aliphatic carbocycles. The number of hydrogen-bond donors (Lipinski definition) is 2. The van der Waals surface area contributed by atoms with Crippen LogP contribution >= 0.6 is 0 Å². The van der Waals surface area contributed by atoms with Crippen molar-refractivity contribution < 1.29 is 14.9 Å². The Labute approximate surface area is 168 Å². The number of nitrogens with zero attached hydrogens (tertiary/aromatic N) is 1. The zero-order valence-electron chi connectivity index (χ0n) is 17.4. The van der Waals surface area contributed by atoms with Crippen LogP contribution in [0.2, 0.25) is 0 Å². The van der Waals surface area contributed by atoms with Gasteiger partial charge in [-0.25, -0.2) is 4.99 Å². The molecule has 0 aromatic carbocycles. The minimum atomic E-state index is -0.124. The first-order valence-corrected chi connectivity index (χ1v) is 11.3. The van der Waals surface area contributed by atoms with Crippen LogP contribution in [0.1, 0.15) is 65.2 Å². The van der Waals surface area contributed by atoms with Gasteiger partial charge >= 0.3 is 0 Å². The zero-order chi connectivity index (χ0) is 19.5. The highest BCUT2D eigenvalue weighted by molar-refractivity contribution is 5.89. The maximum absolute atomic E-state index is 10.2. The van der Waals surface area contributed by atoms with E-state index in [1.807, 2.05) is 0 Å². The van der Waals surface area contributed by atoms with Gasteiger partial charge in [-0.05, 0) is 86.0 Å². The van der Waals surface area contributed by atoms with Gasteiger partial charge in [-0.15, -0.1) is 0 Å². The van der Waals surface area contributed by atoms with E-state index in [1.54, 1.807) is 5.57 Å². The van der Waals surface area contributed by atoms with E-state index in [4.69, 9.17) is 4.74 Å². The molecule has 0 amide bonds. The van der Waals surface area contributed by atoms with Crippen molar-refractivity contribution in [1.29, 1.82) is 0 Å². The Balaban J connectivity index is 1.41. The summed E-state index contributed by atoms with van der Waals surface area (Å²) in [5.74, 6) is 3.02. The van der Waals surface area contributed by atoms with Crippen molar-refractivity contribution in [3.8, 4) is 0 Å². The molecule has 0 saturated heterocycles. The van der Waals surface area contributed by atoms with E-state index < -0.39 is 0 Å². The first-order valence-electron chi connectivity index (χ1n) is 11.3. The van der Waals surface area contributed by atoms with Crippen LogP contribution in [0.3, 0.4) is 0 Å². The maximum Gasteiger partial charge on any atom is 0.209 e. The van der Waals surface area contributed by atoms with E-state index >= 15 is 0 Å². The SMILES string of the molecule is C[C@]12CC[C@H](O)CC1=CC[C@@H]1[C@@H]2CC[C@]2(C)/C(=C/C3=N[C@@H](CO)CO3)CC[C@@H]12. The summed E-state index contributed by atoms with van der Waals surface area (Å²) >= 11 is 0. The number of fused-ring (bicyclic) bond motifs is 5. The van der Waals surface area contributed by atoms with Crippen LogP contribution in [-0.2, 0) is 4.74 Å². The molecule has 1 aliphatic heterocycles. The fourth-order valence-corrected chi connectivity index (χ4v) is 7.48. The molecule has 4 nitrogen and oxygen atoms in total. The standard InChI is InChI=1S/C24H35NO3/c1-23-9-7-18(27)11-15(23)3-5-19-20-6-4-16(24(20,2)10-8-21(19)23)12-22-25-17(13-26)14-28-22/h3,12,17-21,26-27H,4-11,13-14H2,1-2H3/b16-12+/t17-,18-,19-,20-,21-,23-,24+/m0/s1. The second-order valence-corrected chi connectivity index (χ2v) is 10.4. The molecule has 0 radical (unpaired) electrons. The second kappa shape index (κ2) is 6.70. The van der Waals surface area contributed by atoms with Crippen molar-refractivity contribution in [1.82, 2.24) is 0 Å². The lowest BCUT2D eigenvalue weighted by Gasteiger charge is -2.57. The summed E-state index contributed by atoms with van der Waals surface area (Å²) in [6.45, 7) is 5.56. The number of hydrogen-bond acceptors (Lipinski definition) is 4. The van der Waals surface area contributed by atoms with Crippen molar-refractivity contribution >= 4 is 5.90 Å². The Kier molecular flexibility index (Phi) is 4.52. The minimum absolute atomic E-state index is 0.0677. The van der Waals surface area contributed by atoms with Gasteiger partial charge in [-0.3, -0.25) is 0 Å². The third kappa shape index (κ3) is 2.74. The topological polar surface area (TPSA) is 62.1 Å². The summed E-state index contributed by atoms with van der Waals surface area (Å²) in [7, 11) is 0. The number of aliphatic hydroxyl groups excluding tert-OH is 2. The molecular weight excluding hydrogens is 350 g/mol. The zero-order valence-corrected chi connectivity index (χ0v) is 17.4. The molecule has 3 saturated carbocycles. The smallest absolute Gasteiger partial charge is 0.209 e. The summed E-state index contributed by atoms with van der Waals surface area (Å²) in [4.78, 5) is 4.53. The van der Waals surface area contributed by atoms with Crippen LogP contribution in [0, 0.1) is 28.6 Å². The van der Waals surface area contributed by atoms with Gasteiger partial charge in [0.15, 0.2) is 0 Å². The molecule has 154 valence electrons. The molecule has 5 rings (SSSR count). The Hall–Kier alpha value is -1.13. The first kappa shape index (κ1) is 18.9. The van der Waals surface area contributed by atoms with Gasteiger partial charge in [0.05, 0.1) is 12.7 Å². The lowest BCUT2D eigenvalue weighted by molar-refractivity contribution is -0.0268. The van der Waals surface area contributed by atoms with Gasteiger partial charge in [0.25, 0.3) is 0 Å². The van der Waals surface area contributed by atoms with Crippen LogP contribution in [0.4, 0.5) is 0 Å². The van der Waals surface area contributed by atoms with Crippen molar-refractivity contribution in [2.75, 3.05) is 13.2 Å². The van der Waals surface area contributed by atoms with E-state index in [1.165, 1.54) is 31.3 Å². The Morgan fingerprint density at radius 2 is 1.96 bits per heavy atom. The highest BCUT2D eigenvalue weighted by atomic mass is 16.5. The number of allylic oxidation sites excluding steroid dienone is 2. The summed E-state index contributed by atoms with van der Waals surface area (Å²) in [5, 5.41) is 19.5. The predicted molar refractivity (Wildman–Crippen MR) is 110 cm³/mol. The lowest BCUT2D eigenvalue weighted by atomic mass is 9.48. The molecule has 0 aromatic heterocycles. The van der Waals surface area contributed by atoms with E-state index in [0.717, 1.165) is 49.3 Å². The van der Waals surface area contributed by atoms with Gasteiger partial charge in [0.2, 0.25) is 5.90 Å². The molecule has 4 heteroatoms. The quantitative estimate of drug-likeness (QED) is 0.706. The molecule has 1 heterocycles. The molecule has 7 atom stereocenters. The van der Waals surface area contributed by atoms with Gasteiger partial charge in [-0.2, -0.15) is 0 Å². The lowest BCUT2D eigenvalue weighted by Crippen LogP contribution is -2.49. The summed E-state index contributed by atoms with van der Waals surface area (Å²) in [5.41, 5.74) is 3.64. The highest BCUT2D eigenvalue weighted by Gasteiger charge is 2.57. The summed E-state index contributed by atoms with van der Waals surface area (Å²) in [6, 6.07) is -0.0869. The first-order chi connectivity index (χ1) is 13.4. The third-order valence-electron chi connectivity index (χ3n) is 9.17. The van der Waals surface area contributed by atoms with Gasteiger partial charge in [0.1, 0.15) is 12.6 Å². The van der Waals surface area contributed by atoms with Gasteiger partial charge < -0.3 is 14.9 Å². The summed E-state index contributed by atoms with van der Waals surface area (Å²) < 4.78 is 5.73. The fourth-order valence-electron chi connectivity index (χ4n) is 7.48. The Morgan fingerprint density at radius 1 is 1.18 bits per heavy atom. The molecule has 2 N–H and O–H groups in total. The minimum Gasteiger partial charge on any atom is -0.476 e. The number of rotatable bonds is 2. The highest BCUT2D eigenvalue weighted by Crippen LogP contribution is 2.66. The molecule has 5 aliphatic rings. The molecule has 3 fully saturated rings. The second-order valence-electron chi connectivity index (χ2n) is 10.4. The van der Waals surface area contributed by atoms with Crippen LogP contribution in [0.15, 0.2) is 28.3 Å². The third-order valence-corrected chi connectivity index (χ3v) is 9.17. The monoisotopic (exact) mass is 385 g/mol. The molecule has 28 heavy (non-hydrogen) atoms. The van der Waals surface area contributed by atoms with E-state index in [2.05, 4.69) is 31.0 Å². The average molecular weight is 386 g/mol. The number of ether oxygens (including phenoxy) is 1.